The van der Waals surface area contributed by atoms with Gasteiger partial charge >= 0.3 is 0 Å². The summed E-state index contributed by atoms with van der Waals surface area (Å²) >= 11 is 0. The molecule has 0 spiro atoms. The van der Waals surface area contributed by atoms with Crippen molar-refractivity contribution in [2.75, 3.05) is 6.54 Å². The molecule has 0 aliphatic heterocycles. The molecule has 0 saturated carbocycles. The molecule has 1 N–H and O–H groups in total. The molecule has 1 aliphatic carbocycles. The van der Waals surface area contributed by atoms with Crippen LogP contribution in [0.25, 0.3) is 0 Å². The van der Waals surface area contributed by atoms with Crippen LogP contribution in [0.15, 0.2) is 12.2 Å². The molecule has 0 radical (unpaired) electrons. The van der Waals surface area contributed by atoms with Gasteiger partial charge in [0, 0.05) is 10.8 Å². The molecule has 0 saturated heterocycles. The fourth-order valence-electron chi connectivity index (χ4n) is 1.08. The lowest BCUT2D eigenvalue weighted by Gasteiger charge is -2.01. The minimum Gasteiger partial charge on any atom is -0.389 e. The summed E-state index contributed by atoms with van der Waals surface area (Å²) in [5.74, 6) is -0.0648. The fourth-order valence-corrected chi connectivity index (χ4v) is 1.08. The summed E-state index contributed by atoms with van der Waals surface area (Å²) in [7, 11) is 0. The summed E-state index contributed by atoms with van der Waals surface area (Å²) in [5.41, 5.74) is 0. The Morgan fingerprint density at radius 3 is 2.80 bits per heavy atom. The van der Waals surface area contributed by atoms with Crippen molar-refractivity contribution in [3.63, 3.8) is 0 Å². The first kappa shape index (κ1) is 7.21. The van der Waals surface area contributed by atoms with Crippen molar-refractivity contribution in [2.24, 2.45) is 5.92 Å². The molecule has 0 bridgehead atoms. The first-order valence-corrected chi connectivity index (χ1v) is 3.16. The number of rotatable bonds is 2. The van der Waals surface area contributed by atoms with E-state index in [1.165, 1.54) is 0 Å². The van der Waals surface area contributed by atoms with Crippen LogP contribution in [-0.2, 0) is 0 Å². The topological polar surface area (TPSA) is 63.4 Å². The van der Waals surface area contributed by atoms with Gasteiger partial charge in [0.05, 0.1) is 6.10 Å². The highest BCUT2D eigenvalue weighted by molar-refractivity contribution is 5.02. The van der Waals surface area contributed by atoms with Crippen molar-refractivity contribution in [1.82, 2.24) is 0 Å². The fraction of sp³-hybridized carbons (Fsp3) is 0.667. The van der Waals surface area contributed by atoms with Crippen molar-refractivity contribution < 1.29 is 10.0 Å². The monoisotopic (exact) mass is 143 g/mol. The van der Waals surface area contributed by atoms with E-state index in [2.05, 4.69) is 0 Å². The highest BCUT2D eigenvalue weighted by atomic mass is 16.6. The third kappa shape index (κ3) is 1.80. The quantitative estimate of drug-likeness (QED) is 0.341. The van der Waals surface area contributed by atoms with Gasteiger partial charge in [0.15, 0.2) is 0 Å². The largest absolute Gasteiger partial charge is 0.389 e. The molecule has 56 valence electrons. The SMILES string of the molecule is O=[N+]([O-])C[C@H]1C=C[C@@H](O)C1. The van der Waals surface area contributed by atoms with E-state index in [0.29, 0.717) is 6.42 Å². The van der Waals surface area contributed by atoms with Crippen LogP contribution >= 0.6 is 0 Å². The molecular formula is C6H9NO3. The van der Waals surface area contributed by atoms with E-state index >= 15 is 0 Å². The first-order chi connectivity index (χ1) is 4.68. The highest BCUT2D eigenvalue weighted by Crippen LogP contribution is 2.17. The van der Waals surface area contributed by atoms with Crippen LogP contribution in [0.2, 0.25) is 0 Å². The minimum absolute atomic E-state index is 0.0619. The van der Waals surface area contributed by atoms with Gasteiger partial charge in [-0.2, -0.15) is 0 Å². The maximum Gasteiger partial charge on any atom is 0.210 e. The van der Waals surface area contributed by atoms with Gasteiger partial charge in [0.2, 0.25) is 6.54 Å². The number of nitro groups is 1. The molecule has 0 aromatic rings. The van der Waals surface area contributed by atoms with Gasteiger partial charge in [-0.05, 0) is 6.42 Å². The Morgan fingerprint density at radius 2 is 2.40 bits per heavy atom. The Morgan fingerprint density at radius 1 is 1.70 bits per heavy atom. The van der Waals surface area contributed by atoms with Gasteiger partial charge in [0.1, 0.15) is 0 Å². The van der Waals surface area contributed by atoms with E-state index in [1.807, 2.05) is 0 Å². The predicted octanol–water partition coefficient (Wildman–Crippen LogP) is 0.200. The maximum atomic E-state index is 9.95. The normalized spacial score (nSPS) is 30.9. The summed E-state index contributed by atoms with van der Waals surface area (Å²) in [5, 5.41) is 18.9. The highest BCUT2D eigenvalue weighted by Gasteiger charge is 2.20. The smallest absolute Gasteiger partial charge is 0.210 e. The molecule has 0 fully saturated rings. The standard InChI is InChI=1S/C6H9NO3/c8-6-2-1-5(3-6)4-7(9)10/h1-2,5-6,8H,3-4H2/t5-,6+/m0/s1. The van der Waals surface area contributed by atoms with Crippen molar-refractivity contribution in [2.45, 2.75) is 12.5 Å². The summed E-state index contributed by atoms with van der Waals surface area (Å²) in [6, 6.07) is 0. The third-order valence-electron chi connectivity index (χ3n) is 1.53. The lowest BCUT2D eigenvalue weighted by molar-refractivity contribution is -0.486. The number of nitrogens with zero attached hydrogens (tertiary/aromatic N) is 1. The summed E-state index contributed by atoms with van der Waals surface area (Å²) in [6.07, 6.45) is 3.34. The van der Waals surface area contributed by atoms with Crippen LogP contribution < -0.4 is 0 Å². The van der Waals surface area contributed by atoms with Gasteiger partial charge < -0.3 is 5.11 Å². The number of aliphatic hydroxyl groups is 1. The molecular weight excluding hydrogens is 134 g/mol. The second-order valence-electron chi connectivity index (χ2n) is 2.46. The van der Waals surface area contributed by atoms with Crippen LogP contribution in [0.5, 0.6) is 0 Å². The molecule has 2 atom stereocenters. The molecule has 1 rings (SSSR count). The van der Waals surface area contributed by atoms with E-state index in [4.69, 9.17) is 5.11 Å². The van der Waals surface area contributed by atoms with E-state index in [0.717, 1.165) is 0 Å². The third-order valence-corrected chi connectivity index (χ3v) is 1.53. The lowest BCUT2D eigenvalue weighted by atomic mass is 10.1. The zero-order valence-corrected chi connectivity index (χ0v) is 5.43. The Bertz CT molecular complexity index is 166. The lowest BCUT2D eigenvalue weighted by Crippen LogP contribution is -2.12. The van der Waals surface area contributed by atoms with Crippen LogP contribution in [0.3, 0.4) is 0 Å². The minimum atomic E-state index is -0.468. The first-order valence-electron chi connectivity index (χ1n) is 3.16. The van der Waals surface area contributed by atoms with E-state index in [9.17, 15) is 10.1 Å². The van der Waals surface area contributed by atoms with Crippen molar-refractivity contribution in [3.8, 4) is 0 Å². The van der Waals surface area contributed by atoms with Crippen LogP contribution in [0.1, 0.15) is 6.42 Å². The molecule has 1 aliphatic rings. The van der Waals surface area contributed by atoms with Gasteiger partial charge in [-0.25, -0.2) is 0 Å². The summed E-state index contributed by atoms with van der Waals surface area (Å²) in [4.78, 5) is 9.60. The van der Waals surface area contributed by atoms with E-state index < -0.39 is 6.10 Å². The Hall–Kier alpha value is -0.900. The zero-order valence-electron chi connectivity index (χ0n) is 5.43. The number of hydrogen-bond acceptors (Lipinski definition) is 3. The van der Waals surface area contributed by atoms with Gasteiger partial charge in [-0.15, -0.1) is 0 Å². The van der Waals surface area contributed by atoms with Crippen molar-refractivity contribution in [3.05, 3.63) is 22.3 Å². The maximum absolute atomic E-state index is 9.95. The summed E-state index contributed by atoms with van der Waals surface area (Å²) in [6.45, 7) is -0.0619. The van der Waals surface area contributed by atoms with Gasteiger partial charge in [-0.1, -0.05) is 12.2 Å². The van der Waals surface area contributed by atoms with E-state index in [-0.39, 0.29) is 17.4 Å². The molecule has 10 heavy (non-hydrogen) atoms. The second kappa shape index (κ2) is 2.79. The Kier molecular flexibility index (Phi) is 2.01. The molecule has 0 aromatic heterocycles. The Labute approximate surface area is 58.3 Å². The average Bonchev–Trinajstić information content (AvgIpc) is 2.13. The molecule has 0 aromatic carbocycles. The average molecular weight is 143 g/mol. The van der Waals surface area contributed by atoms with Gasteiger partial charge in [-0.3, -0.25) is 10.1 Å². The van der Waals surface area contributed by atoms with Crippen LogP contribution in [0, 0.1) is 16.0 Å². The molecule has 0 heterocycles. The molecule has 4 heteroatoms. The predicted molar refractivity (Wildman–Crippen MR) is 35.1 cm³/mol. The second-order valence-corrected chi connectivity index (χ2v) is 2.46. The van der Waals surface area contributed by atoms with Crippen LogP contribution in [-0.4, -0.2) is 22.7 Å². The van der Waals surface area contributed by atoms with Gasteiger partial charge in [0.25, 0.3) is 0 Å². The van der Waals surface area contributed by atoms with E-state index in [1.54, 1.807) is 12.2 Å². The Balaban J connectivity index is 2.33. The molecule has 0 amide bonds. The molecule has 0 unspecified atom stereocenters. The zero-order chi connectivity index (χ0) is 7.56. The van der Waals surface area contributed by atoms with Crippen molar-refractivity contribution >= 4 is 0 Å². The number of hydrogen-bond donors (Lipinski definition) is 1. The number of aliphatic hydroxyl groups excluding tert-OH is 1. The summed E-state index contributed by atoms with van der Waals surface area (Å²) < 4.78 is 0. The molecule has 4 nitrogen and oxygen atoms in total. The van der Waals surface area contributed by atoms with Crippen molar-refractivity contribution in [1.29, 1.82) is 0 Å². The van der Waals surface area contributed by atoms with Crippen LogP contribution in [0.4, 0.5) is 0 Å².